The molecular formula is C23H27N3O3. The Hall–Kier alpha value is -3.15. The van der Waals surface area contributed by atoms with Crippen LogP contribution in [0.4, 0.5) is 5.69 Å². The summed E-state index contributed by atoms with van der Waals surface area (Å²) >= 11 is 0. The molecule has 3 rings (SSSR count). The SMILES string of the molecule is CCC(C)n1c(=O)c2ccccc2n(CC(=O)Nc2c(C)cc(C)cc2C)c1=O. The Kier molecular flexibility index (Phi) is 5.73. The maximum absolute atomic E-state index is 13.1. The maximum Gasteiger partial charge on any atom is 0.332 e. The van der Waals surface area contributed by atoms with Crippen LogP contribution in [0.5, 0.6) is 0 Å². The number of nitrogens with one attached hydrogen (secondary N) is 1. The van der Waals surface area contributed by atoms with Gasteiger partial charge in [-0.2, -0.15) is 0 Å². The van der Waals surface area contributed by atoms with Crippen LogP contribution in [0.2, 0.25) is 0 Å². The van der Waals surface area contributed by atoms with E-state index in [0.717, 1.165) is 22.4 Å². The van der Waals surface area contributed by atoms with Gasteiger partial charge in [-0.05, 0) is 57.4 Å². The minimum atomic E-state index is -0.462. The van der Waals surface area contributed by atoms with Crippen LogP contribution in [0.15, 0.2) is 46.0 Å². The first kappa shape index (κ1) is 20.6. The number of amides is 1. The van der Waals surface area contributed by atoms with Gasteiger partial charge in [0.1, 0.15) is 6.54 Å². The number of aryl methyl sites for hydroxylation is 3. The second-order valence-electron chi connectivity index (χ2n) is 7.64. The van der Waals surface area contributed by atoms with Gasteiger partial charge in [-0.25, -0.2) is 4.79 Å². The predicted molar refractivity (Wildman–Crippen MR) is 117 cm³/mol. The Morgan fingerprint density at radius 2 is 1.69 bits per heavy atom. The maximum atomic E-state index is 13.1. The first-order valence-electron chi connectivity index (χ1n) is 9.86. The summed E-state index contributed by atoms with van der Waals surface area (Å²) in [5.74, 6) is -0.304. The molecule has 1 amide bonds. The van der Waals surface area contributed by atoms with Crippen molar-refractivity contribution in [2.75, 3.05) is 5.32 Å². The van der Waals surface area contributed by atoms with E-state index in [-0.39, 0.29) is 24.1 Å². The fourth-order valence-corrected chi connectivity index (χ4v) is 3.76. The summed E-state index contributed by atoms with van der Waals surface area (Å²) in [5.41, 5.74) is 3.51. The number of aromatic nitrogens is 2. The third-order valence-electron chi connectivity index (χ3n) is 5.36. The number of hydrogen-bond donors (Lipinski definition) is 1. The topological polar surface area (TPSA) is 73.1 Å². The molecular weight excluding hydrogens is 366 g/mol. The second-order valence-corrected chi connectivity index (χ2v) is 7.64. The van der Waals surface area contributed by atoms with Gasteiger partial charge in [0, 0.05) is 11.7 Å². The van der Waals surface area contributed by atoms with Crippen molar-refractivity contribution in [3.8, 4) is 0 Å². The Morgan fingerprint density at radius 1 is 1.07 bits per heavy atom. The van der Waals surface area contributed by atoms with Gasteiger partial charge in [-0.3, -0.25) is 18.7 Å². The van der Waals surface area contributed by atoms with Crippen molar-refractivity contribution in [1.82, 2.24) is 9.13 Å². The van der Waals surface area contributed by atoms with E-state index in [1.54, 1.807) is 24.3 Å². The molecule has 1 heterocycles. The molecule has 1 atom stereocenters. The molecule has 0 radical (unpaired) electrons. The minimum Gasteiger partial charge on any atom is -0.324 e. The zero-order valence-corrected chi connectivity index (χ0v) is 17.6. The van der Waals surface area contributed by atoms with Gasteiger partial charge in [-0.15, -0.1) is 0 Å². The van der Waals surface area contributed by atoms with E-state index in [9.17, 15) is 14.4 Å². The molecule has 1 unspecified atom stereocenters. The van der Waals surface area contributed by atoms with Gasteiger partial charge >= 0.3 is 5.69 Å². The number of para-hydroxylation sites is 1. The number of rotatable bonds is 5. The molecule has 0 saturated carbocycles. The number of carbonyl (C=O) groups excluding carboxylic acids is 1. The fourth-order valence-electron chi connectivity index (χ4n) is 3.76. The molecule has 1 N–H and O–H groups in total. The van der Waals surface area contributed by atoms with Crippen LogP contribution in [0.1, 0.15) is 43.0 Å². The van der Waals surface area contributed by atoms with E-state index < -0.39 is 5.69 Å². The summed E-state index contributed by atoms with van der Waals surface area (Å²) in [7, 11) is 0. The van der Waals surface area contributed by atoms with E-state index in [2.05, 4.69) is 5.32 Å². The molecule has 0 spiro atoms. The van der Waals surface area contributed by atoms with Crippen LogP contribution in [0, 0.1) is 20.8 Å². The van der Waals surface area contributed by atoms with E-state index in [1.165, 1.54) is 9.13 Å². The van der Waals surface area contributed by atoms with Gasteiger partial charge < -0.3 is 5.32 Å². The summed E-state index contributed by atoms with van der Waals surface area (Å²) < 4.78 is 2.63. The fraction of sp³-hybridized carbons (Fsp3) is 0.348. The first-order chi connectivity index (χ1) is 13.7. The lowest BCUT2D eigenvalue weighted by molar-refractivity contribution is -0.116. The van der Waals surface area contributed by atoms with Gasteiger partial charge in [0.05, 0.1) is 10.9 Å². The normalized spacial score (nSPS) is 12.2. The zero-order chi connectivity index (χ0) is 21.3. The Bertz CT molecular complexity index is 1180. The Balaban J connectivity index is 2.07. The molecule has 0 fully saturated rings. The van der Waals surface area contributed by atoms with Crippen molar-refractivity contribution < 1.29 is 4.79 Å². The van der Waals surface area contributed by atoms with Crippen molar-refractivity contribution in [2.45, 2.75) is 53.6 Å². The smallest absolute Gasteiger partial charge is 0.324 e. The van der Waals surface area contributed by atoms with Crippen LogP contribution in [0.25, 0.3) is 10.9 Å². The molecule has 1 aromatic heterocycles. The van der Waals surface area contributed by atoms with Crippen molar-refractivity contribution in [3.05, 3.63) is 73.9 Å². The lowest BCUT2D eigenvalue weighted by Gasteiger charge is -2.18. The summed E-state index contributed by atoms with van der Waals surface area (Å²) in [6, 6.07) is 10.7. The molecule has 0 aliphatic rings. The summed E-state index contributed by atoms with van der Waals surface area (Å²) in [6.45, 7) is 9.49. The molecule has 0 aliphatic heterocycles. The number of hydrogen-bond acceptors (Lipinski definition) is 3. The number of anilines is 1. The zero-order valence-electron chi connectivity index (χ0n) is 17.6. The quantitative estimate of drug-likeness (QED) is 0.718. The predicted octanol–water partition coefficient (Wildman–Crippen LogP) is 3.70. The molecule has 152 valence electrons. The van der Waals surface area contributed by atoms with E-state index in [1.807, 2.05) is 46.8 Å². The van der Waals surface area contributed by atoms with Crippen molar-refractivity contribution in [2.24, 2.45) is 0 Å². The Labute approximate surface area is 169 Å². The highest BCUT2D eigenvalue weighted by Crippen LogP contribution is 2.22. The highest BCUT2D eigenvalue weighted by atomic mass is 16.2. The summed E-state index contributed by atoms with van der Waals surface area (Å²) in [6.07, 6.45) is 0.640. The van der Waals surface area contributed by atoms with Crippen molar-refractivity contribution in [3.63, 3.8) is 0 Å². The number of carbonyl (C=O) groups is 1. The average molecular weight is 393 g/mol. The van der Waals surface area contributed by atoms with Gasteiger partial charge in [0.25, 0.3) is 5.56 Å². The van der Waals surface area contributed by atoms with Gasteiger partial charge in [0.15, 0.2) is 0 Å². The molecule has 0 saturated heterocycles. The molecule has 2 aromatic carbocycles. The number of nitrogens with zero attached hydrogens (tertiary/aromatic N) is 2. The number of benzene rings is 2. The standard InChI is InChI=1S/C23H27N3O3/c1-6-17(5)26-22(28)18-9-7-8-10-19(18)25(23(26)29)13-20(27)24-21-15(3)11-14(2)12-16(21)4/h7-12,17H,6,13H2,1-5H3,(H,24,27). The van der Waals surface area contributed by atoms with Crippen LogP contribution in [-0.2, 0) is 11.3 Å². The second kappa shape index (κ2) is 8.07. The molecule has 29 heavy (non-hydrogen) atoms. The molecule has 0 aliphatic carbocycles. The highest BCUT2D eigenvalue weighted by Gasteiger charge is 2.18. The summed E-state index contributed by atoms with van der Waals surface area (Å²) in [5, 5.41) is 3.37. The van der Waals surface area contributed by atoms with E-state index in [0.29, 0.717) is 17.3 Å². The third-order valence-corrected chi connectivity index (χ3v) is 5.36. The van der Waals surface area contributed by atoms with E-state index in [4.69, 9.17) is 0 Å². The monoisotopic (exact) mass is 393 g/mol. The number of fused-ring (bicyclic) bond motifs is 1. The third kappa shape index (κ3) is 3.88. The molecule has 6 nitrogen and oxygen atoms in total. The van der Waals surface area contributed by atoms with Crippen LogP contribution < -0.4 is 16.6 Å². The minimum absolute atomic E-state index is 0.164. The van der Waals surface area contributed by atoms with Crippen LogP contribution in [0.3, 0.4) is 0 Å². The lowest BCUT2D eigenvalue weighted by Crippen LogP contribution is -2.43. The Morgan fingerprint density at radius 3 is 2.31 bits per heavy atom. The summed E-state index contributed by atoms with van der Waals surface area (Å²) in [4.78, 5) is 38.8. The first-order valence-corrected chi connectivity index (χ1v) is 9.86. The van der Waals surface area contributed by atoms with Gasteiger partial charge in [0.2, 0.25) is 5.91 Å². The largest absolute Gasteiger partial charge is 0.332 e. The van der Waals surface area contributed by atoms with Crippen molar-refractivity contribution in [1.29, 1.82) is 0 Å². The van der Waals surface area contributed by atoms with Gasteiger partial charge in [-0.1, -0.05) is 36.8 Å². The highest BCUT2D eigenvalue weighted by molar-refractivity contribution is 5.93. The van der Waals surface area contributed by atoms with Crippen LogP contribution in [-0.4, -0.2) is 15.0 Å². The van der Waals surface area contributed by atoms with Crippen molar-refractivity contribution >= 4 is 22.5 Å². The van der Waals surface area contributed by atoms with E-state index >= 15 is 0 Å². The molecule has 0 bridgehead atoms. The molecule has 6 heteroatoms. The lowest BCUT2D eigenvalue weighted by atomic mass is 10.1. The molecule has 3 aromatic rings. The van der Waals surface area contributed by atoms with Crippen LogP contribution >= 0.6 is 0 Å². The average Bonchev–Trinajstić information content (AvgIpc) is 2.67.